The van der Waals surface area contributed by atoms with Crippen molar-refractivity contribution in [2.75, 3.05) is 52.8 Å². The van der Waals surface area contributed by atoms with Gasteiger partial charge in [-0.1, -0.05) is 6.92 Å². The first-order valence-electron chi connectivity index (χ1n) is 7.58. The van der Waals surface area contributed by atoms with Gasteiger partial charge in [-0.05, 0) is 26.9 Å². The maximum absolute atomic E-state index is 5.60. The zero-order chi connectivity index (χ0) is 15.7. The van der Waals surface area contributed by atoms with Crippen LogP contribution in [0.1, 0.15) is 19.0 Å². The molecule has 0 aromatic carbocycles. The summed E-state index contributed by atoms with van der Waals surface area (Å²) in [5.41, 5.74) is 1.02. The number of likely N-dealkylation sites (N-methyl/N-ethyl adjacent to an activating group) is 1. The van der Waals surface area contributed by atoms with Crippen molar-refractivity contribution < 1.29 is 9.47 Å². The average molecular weight is 298 g/mol. The Kier molecular flexibility index (Phi) is 8.34. The Morgan fingerprint density at radius 1 is 1.43 bits per heavy atom. The molecule has 21 heavy (non-hydrogen) atoms. The van der Waals surface area contributed by atoms with Crippen molar-refractivity contribution in [3.05, 3.63) is 11.9 Å². The molecule has 1 aromatic rings. The van der Waals surface area contributed by atoms with E-state index in [2.05, 4.69) is 39.9 Å². The van der Waals surface area contributed by atoms with Crippen LogP contribution in [0.5, 0.6) is 0 Å². The first kappa shape index (κ1) is 17.9. The summed E-state index contributed by atoms with van der Waals surface area (Å²) in [6.07, 6.45) is 3.19. The highest BCUT2D eigenvalue weighted by Crippen LogP contribution is 2.11. The normalized spacial score (nSPS) is 12.9. The number of rotatable bonds is 11. The Labute approximate surface area is 128 Å². The lowest BCUT2D eigenvalue weighted by molar-refractivity contribution is 0.0607. The minimum Gasteiger partial charge on any atom is -0.385 e. The van der Waals surface area contributed by atoms with Gasteiger partial charge >= 0.3 is 0 Å². The van der Waals surface area contributed by atoms with Gasteiger partial charge in [0, 0.05) is 40.1 Å². The lowest BCUT2D eigenvalue weighted by Crippen LogP contribution is -2.33. The fraction of sp³-hybridized carbons (Fsp3) is 0.800. The summed E-state index contributed by atoms with van der Waals surface area (Å²) in [5, 5.41) is 3.37. The van der Waals surface area contributed by atoms with Gasteiger partial charge in [0.05, 0.1) is 18.3 Å². The maximum atomic E-state index is 5.60. The summed E-state index contributed by atoms with van der Waals surface area (Å²) >= 11 is 0. The molecule has 0 aliphatic rings. The van der Waals surface area contributed by atoms with Crippen LogP contribution in [-0.4, -0.2) is 68.1 Å². The van der Waals surface area contributed by atoms with Crippen molar-refractivity contribution >= 4 is 5.95 Å². The number of ether oxygens (including phenoxy) is 2. The smallest absolute Gasteiger partial charge is 0.203 e. The number of imidazole rings is 1. The van der Waals surface area contributed by atoms with Gasteiger partial charge in [-0.2, -0.15) is 0 Å². The Morgan fingerprint density at radius 2 is 2.19 bits per heavy atom. The quantitative estimate of drug-likeness (QED) is 0.629. The van der Waals surface area contributed by atoms with E-state index in [1.165, 1.54) is 0 Å². The molecule has 0 fully saturated rings. The topological polar surface area (TPSA) is 51.6 Å². The van der Waals surface area contributed by atoms with Gasteiger partial charge in [-0.25, -0.2) is 4.98 Å². The van der Waals surface area contributed by atoms with E-state index in [4.69, 9.17) is 9.47 Å². The molecule has 122 valence electrons. The van der Waals surface area contributed by atoms with Crippen LogP contribution in [0.15, 0.2) is 6.20 Å². The van der Waals surface area contributed by atoms with E-state index in [1.807, 2.05) is 6.92 Å². The molecule has 0 radical (unpaired) electrons. The molecule has 1 N–H and O–H groups in total. The number of nitrogens with one attached hydrogen (secondary N) is 1. The molecule has 1 rings (SSSR count). The summed E-state index contributed by atoms with van der Waals surface area (Å²) in [4.78, 5) is 6.79. The van der Waals surface area contributed by atoms with Gasteiger partial charge in [0.25, 0.3) is 0 Å². The van der Waals surface area contributed by atoms with Crippen LogP contribution in [0.4, 0.5) is 5.95 Å². The molecule has 1 unspecified atom stereocenters. The monoisotopic (exact) mass is 298 g/mol. The number of methoxy groups -OCH3 is 2. The number of anilines is 1. The fourth-order valence-electron chi connectivity index (χ4n) is 2.15. The van der Waals surface area contributed by atoms with Crippen molar-refractivity contribution in [1.29, 1.82) is 0 Å². The van der Waals surface area contributed by atoms with Crippen LogP contribution in [0.2, 0.25) is 0 Å². The van der Waals surface area contributed by atoms with Gasteiger partial charge in [-0.3, -0.25) is 0 Å². The molecule has 0 saturated carbocycles. The Morgan fingerprint density at radius 3 is 2.81 bits per heavy atom. The van der Waals surface area contributed by atoms with Crippen molar-refractivity contribution in [2.45, 2.75) is 32.9 Å². The molecule has 6 heteroatoms. The lowest BCUT2D eigenvalue weighted by atomic mass is 10.3. The molecular formula is C15H30N4O2. The van der Waals surface area contributed by atoms with E-state index >= 15 is 0 Å². The van der Waals surface area contributed by atoms with Crippen LogP contribution in [0.3, 0.4) is 0 Å². The van der Waals surface area contributed by atoms with E-state index in [0.717, 1.165) is 50.8 Å². The standard InChI is InChI=1S/C15H30N4O2/c1-6-18(3)11-14(21-5)12-19-10-13(2)17-15(19)16-8-7-9-20-4/h10,14H,6-9,11-12H2,1-5H3,(H,16,17). The third-order valence-electron chi connectivity index (χ3n) is 3.49. The molecule has 1 atom stereocenters. The SMILES string of the molecule is CCN(C)CC(Cn1cc(C)nc1NCCCOC)OC. The van der Waals surface area contributed by atoms with Crippen LogP contribution < -0.4 is 5.32 Å². The highest BCUT2D eigenvalue weighted by molar-refractivity contribution is 5.28. The summed E-state index contributed by atoms with van der Waals surface area (Å²) in [7, 11) is 5.59. The van der Waals surface area contributed by atoms with E-state index in [0.29, 0.717) is 0 Å². The summed E-state index contributed by atoms with van der Waals surface area (Å²) in [5.74, 6) is 0.907. The molecule has 1 aromatic heterocycles. The predicted molar refractivity (Wildman–Crippen MR) is 85.9 cm³/mol. The highest BCUT2D eigenvalue weighted by atomic mass is 16.5. The third kappa shape index (κ3) is 6.46. The Hall–Kier alpha value is -1.11. The van der Waals surface area contributed by atoms with E-state index < -0.39 is 0 Å². The first-order valence-corrected chi connectivity index (χ1v) is 7.58. The average Bonchev–Trinajstić information content (AvgIpc) is 2.82. The Bertz CT molecular complexity index is 395. The number of hydrogen-bond donors (Lipinski definition) is 1. The van der Waals surface area contributed by atoms with Crippen LogP contribution in [-0.2, 0) is 16.0 Å². The predicted octanol–water partition coefficient (Wildman–Crippen LogP) is 1.61. The van der Waals surface area contributed by atoms with E-state index in [9.17, 15) is 0 Å². The fourth-order valence-corrected chi connectivity index (χ4v) is 2.15. The van der Waals surface area contributed by atoms with E-state index in [-0.39, 0.29) is 6.10 Å². The second kappa shape index (κ2) is 9.76. The Balaban J connectivity index is 2.59. The van der Waals surface area contributed by atoms with Crippen molar-refractivity contribution in [3.63, 3.8) is 0 Å². The molecule has 0 bridgehead atoms. The first-order chi connectivity index (χ1) is 10.1. The van der Waals surface area contributed by atoms with Crippen LogP contribution >= 0.6 is 0 Å². The second-order valence-corrected chi connectivity index (χ2v) is 5.34. The molecule has 0 aliphatic heterocycles. The number of nitrogens with zero attached hydrogens (tertiary/aromatic N) is 3. The van der Waals surface area contributed by atoms with Crippen molar-refractivity contribution in [1.82, 2.24) is 14.5 Å². The van der Waals surface area contributed by atoms with Gasteiger partial charge in [0.15, 0.2) is 0 Å². The lowest BCUT2D eigenvalue weighted by Gasteiger charge is -2.23. The largest absolute Gasteiger partial charge is 0.385 e. The number of aryl methyl sites for hydroxylation is 1. The number of hydrogen-bond acceptors (Lipinski definition) is 5. The summed E-state index contributed by atoms with van der Waals surface area (Å²) < 4.78 is 12.8. The van der Waals surface area contributed by atoms with Crippen molar-refractivity contribution in [3.8, 4) is 0 Å². The van der Waals surface area contributed by atoms with Gasteiger partial charge < -0.3 is 24.3 Å². The molecule has 1 heterocycles. The van der Waals surface area contributed by atoms with Crippen LogP contribution in [0, 0.1) is 6.92 Å². The molecule has 0 aliphatic carbocycles. The maximum Gasteiger partial charge on any atom is 0.203 e. The summed E-state index contributed by atoms with van der Waals surface area (Å²) in [6.45, 7) is 8.51. The molecule has 0 amide bonds. The minimum atomic E-state index is 0.156. The second-order valence-electron chi connectivity index (χ2n) is 5.34. The molecule has 0 saturated heterocycles. The highest BCUT2D eigenvalue weighted by Gasteiger charge is 2.14. The number of aromatic nitrogens is 2. The van der Waals surface area contributed by atoms with E-state index in [1.54, 1.807) is 14.2 Å². The zero-order valence-electron chi connectivity index (χ0n) is 14.1. The molecule has 6 nitrogen and oxygen atoms in total. The zero-order valence-corrected chi connectivity index (χ0v) is 14.1. The van der Waals surface area contributed by atoms with Crippen LogP contribution in [0.25, 0.3) is 0 Å². The third-order valence-corrected chi connectivity index (χ3v) is 3.49. The molecule has 0 spiro atoms. The van der Waals surface area contributed by atoms with Gasteiger partial charge in [-0.15, -0.1) is 0 Å². The van der Waals surface area contributed by atoms with Crippen molar-refractivity contribution in [2.24, 2.45) is 0 Å². The minimum absolute atomic E-state index is 0.156. The summed E-state index contributed by atoms with van der Waals surface area (Å²) in [6, 6.07) is 0. The van der Waals surface area contributed by atoms with Gasteiger partial charge in [0.1, 0.15) is 0 Å². The molecular weight excluding hydrogens is 268 g/mol. The van der Waals surface area contributed by atoms with Gasteiger partial charge in [0.2, 0.25) is 5.95 Å².